The van der Waals surface area contributed by atoms with Crippen molar-refractivity contribution < 1.29 is 14.3 Å². The van der Waals surface area contributed by atoms with Gasteiger partial charge in [-0.1, -0.05) is 6.07 Å². The molecule has 0 amide bonds. The summed E-state index contributed by atoms with van der Waals surface area (Å²) in [6, 6.07) is 7.07. The number of carbonyl (C=O) groups is 1. The highest BCUT2D eigenvalue weighted by atomic mass is 32.1. The largest absolute Gasteiger partial charge is 0.459 e. The molecule has 16 heavy (non-hydrogen) atoms. The van der Waals surface area contributed by atoms with Crippen LogP contribution < -0.4 is 0 Å². The molecule has 1 heterocycles. The van der Waals surface area contributed by atoms with Crippen molar-refractivity contribution in [3.8, 4) is 0 Å². The van der Waals surface area contributed by atoms with Crippen LogP contribution in [0.25, 0.3) is 0 Å². The van der Waals surface area contributed by atoms with Crippen molar-refractivity contribution in [1.82, 2.24) is 0 Å². The molecule has 1 aromatic carbocycles. The third kappa shape index (κ3) is 3.00. The van der Waals surface area contributed by atoms with Crippen LogP contribution >= 0.6 is 12.6 Å². The van der Waals surface area contributed by atoms with Crippen LogP contribution in [0.5, 0.6) is 0 Å². The molecule has 0 N–H and O–H groups in total. The lowest BCUT2D eigenvalue weighted by Crippen LogP contribution is -2.26. The summed E-state index contributed by atoms with van der Waals surface area (Å²) in [5.74, 6) is -0.275. The van der Waals surface area contributed by atoms with Crippen molar-refractivity contribution in [2.75, 3.05) is 13.2 Å². The molecule has 0 aromatic heterocycles. The number of carbonyl (C=O) groups excluding carboxylic acids is 1. The summed E-state index contributed by atoms with van der Waals surface area (Å²) in [5, 5.41) is 0. The lowest BCUT2D eigenvalue weighted by Gasteiger charge is -2.22. The molecule has 1 aliphatic heterocycles. The molecule has 0 bridgehead atoms. The van der Waals surface area contributed by atoms with E-state index in [0.717, 1.165) is 17.7 Å². The molecule has 0 radical (unpaired) electrons. The van der Waals surface area contributed by atoms with Gasteiger partial charge < -0.3 is 9.47 Å². The number of esters is 1. The van der Waals surface area contributed by atoms with Gasteiger partial charge in [0.2, 0.25) is 0 Å². The van der Waals surface area contributed by atoms with Gasteiger partial charge in [0.05, 0.1) is 18.8 Å². The minimum Gasteiger partial charge on any atom is -0.459 e. The van der Waals surface area contributed by atoms with Crippen molar-refractivity contribution in [3.63, 3.8) is 0 Å². The fourth-order valence-corrected chi connectivity index (χ4v) is 1.87. The van der Waals surface area contributed by atoms with Gasteiger partial charge in [-0.15, -0.1) is 12.6 Å². The second-order valence-corrected chi connectivity index (χ2v) is 4.28. The summed E-state index contributed by atoms with van der Waals surface area (Å²) in [6.07, 6.45) is 1.56. The Hall–Kier alpha value is -1.00. The highest BCUT2D eigenvalue weighted by Gasteiger charge is 2.18. The third-order valence-electron chi connectivity index (χ3n) is 2.52. The Bertz CT molecular complexity index is 372. The van der Waals surface area contributed by atoms with Crippen LogP contribution in [0.15, 0.2) is 29.2 Å². The van der Waals surface area contributed by atoms with Gasteiger partial charge in [-0.3, -0.25) is 0 Å². The van der Waals surface area contributed by atoms with E-state index in [-0.39, 0.29) is 12.1 Å². The van der Waals surface area contributed by atoms with E-state index in [9.17, 15) is 4.79 Å². The molecule has 86 valence electrons. The number of hydrogen-bond donors (Lipinski definition) is 1. The number of ether oxygens (including phenoxy) is 2. The van der Waals surface area contributed by atoms with Gasteiger partial charge in [-0.05, 0) is 18.2 Å². The smallest absolute Gasteiger partial charge is 0.338 e. The molecule has 0 atom stereocenters. The van der Waals surface area contributed by atoms with Crippen LogP contribution in [0.3, 0.4) is 0 Å². The summed E-state index contributed by atoms with van der Waals surface area (Å²) >= 11 is 4.19. The molecule has 1 fully saturated rings. The quantitative estimate of drug-likeness (QED) is 0.634. The van der Waals surface area contributed by atoms with E-state index in [1.165, 1.54) is 0 Å². The van der Waals surface area contributed by atoms with Crippen LogP contribution in [0.1, 0.15) is 23.2 Å². The van der Waals surface area contributed by atoms with Gasteiger partial charge in [0.25, 0.3) is 0 Å². The molecular weight excluding hydrogens is 224 g/mol. The first-order chi connectivity index (χ1) is 7.75. The van der Waals surface area contributed by atoms with E-state index < -0.39 is 0 Å². The zero-order valence-electron chi connectivity index (χ0n) is 8.89. The normalized spacial score (nSPS) is 17.1. The number of hydrogen-bond acceptors (Lipinski definition) is 4. The summed E-state index contributed by atoms with van der Waals surface area (Å²) in [7, 11) is 0. The highest BCUT2D eigenvalue weighted by Crippen LogP contribution is 2.15. The van der Waals surface area contributed by atoms with E-state index in [1.54, 1.807) is 18.2 Å². The van der Waals surface area contributed by atoms with Crippen LogP contribution in [-0.2, 0) is 9.47 Å². The van der Waals surface area contributed by atoms with Crippen molar-refractivity contribution in [3.05, 3.63) is 29.8 Å². The predicted octanol–water partition coefficient (Wildman–Crippen LogP) is 2.31. The molecule has 0 unspecified atom stereocenters. The van der Waals surface area contributed by atoms with Crippen LogP contribution in [-0.4, -0.2) is 25.3 Å². The first-order valence-electron chi connectivity index (χ1n) is 5.33. The molecule has 1 aromatic rings. The lowest BCUT2D eigenvalue weighted by molar-refractivity contribution is -0.0159. The zero-order chi connectivity index (χ0) is 11.4. The van der Waals surface area contributed by atoms with Crippen molar-refractivity contribution in [2.45, 2.75) is 23.8 Å². The summed E-state index contributed by atoms with van der Waals surface area (Å²) < 4.78 is 10.6. The fourth-order valence-electron chi connectivity index (χ4n) is 1.65. The second-order valence-electron chi connectivity index (χ2n) is 3.77. The molecule has 2 rings (SSSR count). The number of thiol groups is 1. The van der Waals surface area contributed by atoms with Crippen molar-refractivity contribution >= 4 is 18.6 Å². The predicted molar refractivity (Wildman–Crippen MR) is 63.0 cm³/mol. The van der Waals surface area contributed by atoms with Gasteiger partial charge in [-0.25, -0.2) is 4.79 Å². The fraction of sp³-hybridized carbons (Fsp3) is 0.417. The van der Waals surface area contributed by atoms with Crippen LogP contribution in [0.2, 0.25) is 0 Å². The maximum Gasteiger partial charge on any atom is 0.338 e. The molecule has 0 aliphatic carbocycles. The van der Waals surface area contributed by atoms with E-state index in [0.29, 0.717) is 18.8 Å². The summed E-state index contributed by atoms with van der Waals surface area (Å²) in [6.45, 7) is 1.34. The van der Waals surface area contributed by atoms with E-state index in [1.807, 2.05) is 6.07 Å². The standard InChI is InChI=1S/C12H14O3S/c13-12(9-2-1-3-11(16)8-9)15-10-4-6-14-7-5-10/h1-3,8,10,16H,4-7H2. The molecule has 0 spiro atoms. The van der Waals surface area contributed by atoms with Gasteiger partial charge >= 0.3 is 5.97 Å². The summed E-state index contributed by atoms with van der Waals surface area (Å²) in [5.41, 5.74) is 0.555. The van der Waals surface area contributed by atoms with Crippen molar-refractivity contribution in [2.24, 2.45) is 0 Å². The SMILES string of the molecule is O=C(OC1CCOCC1)c1cccc(S)c1. The molecule has 3 nitrogen and oxygen atoms in total. The Balaban J connectivity index is 1.97. The molecule has 1 aliphatic rings. The van der Waals surface area contributed by atoms with Gasteiger partial charge in [0, 0.05) is 17.7 Å². The zero-order valence-corrected chi connectivity index (χ0v) is 9.78. The summed E-state index contributed by atoms with van der Waals surface area (Å²) in [4.78, 5) is 12.5. The Morgan fingerprint density at radius 3 is 2.81 bits per heavy atom. The Morgan fingerprint density at radius 1 is 1.38 bits per heavy atom. The van der Waals surface area contributed by atoms with Gasteiger partial charge in [-0.2, -0.15) is 0 Å². The maximum absolute atomic E-state index is 11.8. The lowest BCUT2D eigenvalue weighted by atomic mass is 10.1. The maximum atomic E-state index is 11.8. The van der Waals surface area contributed by atoms with Crippen LogP contribution in [0.4, 0.5) is 0 Å². The first-order valence-corrected chi connectivity index (χ1v) is 5.78. The minimum atomic E-state index is -0.275. The highest BCUT2D eigenvalue weighted by molar-refractivity contribution is 7.80. The average molecular weight is 238 g/mol. The van der Waals surface area contributed by atoms with Gasteiger partial charge in [0.1, 0.15) is 6.10 Å². The topological polar surface area (TPSA) is 35.5 Å². The average Bonchev–Trinajstić information content (AvgIpc) is 2.30. The molecule has 1 saturated heterocycles. The Labute approximate surface area is 100 Å². The van der Waals surface area contributed by atoms with E-state index >= 15 is 0 Å². The minimum absolute atomic E-state index is 0.00942. The molecular formula is C12H14O3S. The number of benzene rings is 1. The third-order valence-corrected chi connectivity index (χ3v) is 2.80. The van der Waals surface area contributed by atoms with E-state index in [2.05, 4.69) is 12.6 Å². The van der Waals surface area contributed by atoms with Gasteiger partial charge in [0.15, 0.2) is 0 Å². The second kappa shape index (κ2) is 5.37. The monoisotopic (exact) mass is 238 g/mol. The molecule has 4 heteroatoms. The Kier molecular flexibility index (Phi) is 3.85. The van der Waals surface area contributed by atoms with E-state index in [4.69, 9.17) is 9.47 Å². The van der Waals surface area contributed by atoms with Crippen molar-refractivity contribution in [1.29, 1.82) is 0 Å². The Morgan fingerprint density at radius 2 is 2.12 bits per heavy atom. The first kappa shape index (κ1) is 11.5. The van der Waals surface area contributed by atoms with Crippen LogP contribution in [0, 0.1) is 0 Å². The molecule has 0 saturated carbocycles. The number of rotatable bonds is 2.